The highest BCUT2D eigenvalue weighted by atomic mass is 16.1. The zero-order valence-electron chi connectivity index (χ0n) is 12.9. The summed E-state index contributed by atoms with van der Waals surface area (Å²) in [5.41, 5.74) is 1.97. The van der Waals surface area contributed by atoms with E-state index >= 15 is 0 Å². The number of nitrogens with one attached hydrogen (secondary N) is 2. The lowest BCUT2D eigenvalue weighted by Gasteiger charge is -2.09. The molecule has 1 aromatic heterocycles. The van der Waals surface area contributed by atoms with Crippen molar-refractivity contribution in [2.45, 2.75) is 33.2 Å². The first-order chi connectivity index (χ1) is 10.3. The molecule has 1 aromatic carbocycles. The number of benzene rings is 1. The number of nitrogens with zero attached hydrogens (tertiary/aromatic N) is 2. The summed E-state index contributed by atoms with van der Waals surface area (Å²) in [5, 5.41) is 6.21. The van der Waals surface area contributed by atoms with Crippen LogP contribution in [0.4, 0.5) is 0 Å². The Morgan fingerprint density at radius 3 is 2.76 bits per heavy atom. The molecule has 1 amide bonds. The summed E-state index contributed by atoms with van der Waals surface area (Å²) in [6.07, 6.45) is 1.93. The predicted octanol–water partition coefficient (Wildman–Crippen LogP) is 1.71. The van der Waals surface area contributed by atoms with Crippen LogP contribution in [0.25, 0.3) is 11.0 Å². The molecule has 2 rings (SSSR count). The molecular weight excluding hydrogens is 264 g/mol. The van der Waals surface area contributed by atoms with Crippen LogP contribution < -0.4 is 10.6 Å². The van der Waals surface area contributed by atoms with E-state index in [-0.39, 0.29) is 5.91 Å². The summed E-state index contributed by atoms with van der Waals surface area (Å²) in [5.74, 6) is 0.988. The van der Waals surface area contributed by atoms with Gasteiger partial charge < -0.3 is 15.2 Å². The number of hydrogen-bond donors (Lipinski definition) is 2. The highest BCUT2D eigenvalue weighted by Crippen LogP contribution is 2.16. The molecule has 0 saturated heterocycles. The molecule has 0 saturated carbocycles. The number of rotatable bonds is 8. The van der Waals surface area contributed by atoms with E-state index in [1.54, 1.807) is 0 Å². The Morgan fingerprint density at radius 1 is 1.19 bits per heavy atom. The van der Waals surface area contributed by atoms with Crippen molar-refractivity contribution in [3.8, 4) is 0 Å². The van der Waals surface area contributed by atoms with Crippen LogP contribution in [0.1, 0.15) is 26.1 Å². The van der Waals surface area contributed by atoms with Crippen molar-refractivity contribution in [3.63, 3.8) is 0 Å². The van der Waals surface area contributed by atoms with Gasteiger partial charge in [0.2, 0.25) is 5.91 Å². The van der Waals surface area contributed by atoms with Gasteiger partial charge in [-0.3, -0.25) is 4.79 Å². The van der Waals surface area contributed by atoms with E-state index in [0.29, 0.717) is 13.1 Å². The fraction of sp³-hybridized carbons (Fsp3) is 0.500. The standard InChI is InChI=1S/C16H24N4O/c1-3-9-17-10-11-18-16(21)12-20-14-8-6-5-7-13(14)19-15(20)4-2/h5-8,17H,3-4,9-12H2,1-2H3,(H,18,21). The molecular formula is C16H24N4O. The van der Waals surface area contributed by atoms with Crippen LogP contribution >= 0.6 is 0 Å². The molecule has 0 atom stereocenters. The number of carbonyl (C=O) groups excluding carboxylic acids is 1. The van der Waals surface area contributed by atoms with E-state index in [9.17, 15) is 4.79 Å². The maximum atomic E-state index is 12.1. The fourth-order valence-electron chi connectivity index (χ4n) is 2.36. The van der Waals surface area contributed by atoms with Gasteiger partial charge in [0.25, 0.3) is 0 Å². The van der Waals surface area contributed by atoms with Gasteiger partial charge >= 0.3 is 0 Å². The van der Waals surface area contributed by atoms with Crippen molar-refractivity contribution in [2.75, 3.05) is 19.6 Å². The molecule has 114 valence electrons. The Kier molecular flexibility index (Phi) is 5.75. The Bertz CT molecular complexity index is 591. The number of carbonyl (C=O) groups is 1. The summed E-state index contributed by atoms with van der Waals surface area (Å²) in [6, 6.07) is 7.94. The fourth-order valence-corrected chi connectivity index (χ4v) is 2.36. The van der Waals surface area contributed by atoms with Crippen molar-refractivity contribution < 1.29 is 4.79 Å². The van der Waals surface area contributed by atoms with Gasteiger partial charge in [-0.15, -0.1) is 0 Å². The molecule has 0 radical (unpaired) electrons. The largest absolute Gasteiger partial charge is 0.353 e. The van der Waals surface area contributed by atoms with Crippen LogP contribution in [0.3, 0.4) is 0 Å². The van der Waals surface area contributed by atoms with Crippen LogP contribution in [0.5, 0.6) is 0 Å². The minimum absolute atomic E-state index is 0.0335. The average molecular weight is 288 g/mol. The Labute approximate surface area is 125 Å². The smallest absolute Gasteiger partial charge is 0.240 e. The molecule has 0 aliphatic rings. The molecule has 0 spiro atoms. The first-order valence-electron chi connectivity index (χ1n) is 7.67. The van der Waals surface area contributed by atoms with E-state index in [0.717, 1.165) is 42.8 Å². The van der Waals surface area contributed by atoms with Crippen molar-refractivity contribution in [2.24, 2.45) is 0 Å². The number of aromatic nitrogens is 2. The van der Waals surface area contributed by atoms with E-state index in [2.05, 4.69) is 29.5 Å². The predicted molar refractivity (Wildman–Crippen MR) is 85.3 cm³/mol. The number of hydrogen-bond acceptors (Lipinski definition) is 3. The third-order valence-electron chi connectivity index (χ3n) is 3.40. The summed E-state index contributed by atoms with van der Waals surface area (Å²) < 4.78 is 2.00. The Morgan fingerprint density at radius 2 is 2.00 bits per heavy atom. The van der Waals surface area contributed by atoms with Crippen molar-refractivity contribution in [3.05, 3.63) is 30.1 Å². The number of aryl methyl sites for hydroxylation is 1. The summed E-state index contributed by atoms with van der Waals surface area (Å²) in [6.45, 7) is 6.98. The van der Waals surface area contributed by atoms with Crippen LogP contribution in [-0.4, -0.2) is 35.1 Å². The molecule has 21 heavy (non-hydrogen) atoms. The molecule has 0 aliphatic heterocycles. The molecule has 1 heterocycles. The molecule has 2 N–H and O–H groups in total. The molecule has 0 aliphatic carbocycles. The van der Waals surface area contributed by atoms with Crippen molar-refractivity contribution in [1.29, 1.82) is 0 Å². The summed E-state index contributed by atoms with van der Waals surface area (Å²) >= 11 is 0. The van der Waals surface area contributed by atoms with Gasteiger partial charge in [0.15, 0.2) is 0 Å². The van der Waals surface area contributed by atoms with Gasteiger partial charge in [0.1, 0.15) is 12.4 Å². The number of fused-ring (bicyclic) bond motifs is 1. The van der Waals surface area contributed by atoms with Crippen LogP contribution in [-0.2, 0) is 17.8 Å². The lowest BCUT2D eigenvalue weighted by molar-refractivity contribution is -0.121. The Balaban J connectivity index is 1.97. The number of para-hydroxylation sites is 2. The molecule has 5 nitrogen and oxygen atoms in total. The van der Waals surface area contributed by atoms with Gasteiger partial charge in [-0.25, -0.2) is 4.98 Å². The lowest BCUT2D eigenvalue weighted by Crippen LogP contribution is -2.34. The van der Waals surface area contributed by atoms with E-state index < -0.39 is 0 Å². The lowest BCUT2D eigenvalue weighted by atomic mass is 10.3. The zero-order valence-corrected chi connectivity index (χ0v) is 12.9. The van der Waals surface area contributed by atoms with E-state index in [4.69, 9.17) is 0 Å². The third kappa shape index (κ3) is 4.04. The highest BCUT2D eigenvalue weighted by Gasteiger charge is 2.11. The number of imidazole rings is 1. The third-order valence-corrected chi connectivity index (χ3v) is 3.40. The minimum Gasteiger partial charge on any atom is -0.353 e. The summed E-state index contributed by atoms with van der Waals surface area (Å²) in [4.78, 5) is 16.6. The first kappa shape index (κ1) is 15.5. The summed E-state index contributed by atoms with van der Waals surface area (Å²) in [7, 11) is 0. The van der Waals surface area contributed by atoms with Gasteiger partial charge in [-0.05, 0) is 25.1 Å². The van der Waals surface area contributed by atoms with E-state index in [1.807, 2.05) is 28.8 Å². The van der Waals surface area contributed by atoms with Crippen molar-refractivity contribution >= 4 is 16.9 Å². The average Bonchev–Trinajstić information content (AvgIpc) is 2.85. The van der Waals surface area contributed by atoms with Crippen molar-refractivity contribution in [1.82, 2.24) is 20.2 Å². The topological polar surface area (TPSA) is 58.9 Å². The first-order valence-corrected chi connectivity index (χ1v) is 7.67. The zero-order chi connectivity index (χ0) is 15.1. The van der Waals surface area contributed by atoms with Gasteiger partial charge in [-0.2, -0.15) is 0 Å². The SMILES string of the molecule is CCCNCCNC(=O)Cn1c(CC)nc2ccccc21. The second-order valence-electron chi connectivity index (χ2n) is 5.06. The molecule has 2 aromatic rings. The van der Waals surface area contributed by atoms with Gasteiger partial charge in [-0.1, -0.05) is 26.0 Å². The normalized spacial score (nSPS) is 11.0. The molecule has 0 unspecified atom stereocenters. The second kappa shape index (κ2) is 7.78. The van der Waals surface area contributed by atoms with Crippen LogP contribution in [0.2, 0.25) is 0 Å². The highest BCUT2D eigenvalue weighted by molar-refractivity contribution is 5.81. The molecule has 5 heteroatoms. The maximum absolute atomic E-state index is 12.1. The second-order valence-corrected chi connectivity index (χ2v) is 5.06. The maximum Gasteiger partial charge on any atom is 0.240 e. The van der Waals surface area contributed by atoms with Crippen LogP contribution in [0.15, 0.2) is 24.3 Å². The molecule has 0 bridgehead atoms. The van der Waals surface area contributed by atoms with E-state index in [1.165, 1.54) is 0 Å². The quantitative estimate of drug-likeness (QED) is 0.727. The van der Waals surface area contributed by atoms with Gasteiger partial charge in [0.05, 0.1) is 11.0 Å². The van der Waals surface area contributed by atoms with Crippen LogP contribution in [0, 0.1) is 0 Å². The van der Waals surface area contributed by atoms with Gasteiger partial charge in [0, 0.05) is 19.5 Å². The minimum atomic E-state index is 0.0335. The Hall–Kier alpha value is -1.88. The number of amides is 1. The monoisotopic (exact) mass is 288 g/mol. The molecule has 0 fully saturated rings.